The SMILES string of the molecule is COC(=O)C(C)(C)CN(C)c1ccc(C#N)cc1. The molecule has 0 atom stereocenters. The number of hydrogen-bond acceptors (Lipinski definition) is 4. The summed E-state index contributed by atoms with van der Waals surface area (Å²) in [6.45, 7) is 4.24. The molecule has 0 spiro atoms. The van der Waals surface area contributed by atoms with Crippen molar-refractivity contribution in [3.8, 4) is 6.07 Å². The number of rotatable bonds is 4. The van der Waals surface area contributed by atoms with Crippen LogP contribution in [0.4, 0.5) is 5.69 Å². The standard InChI is InChI=1S/C14H18N2O2/c1-14(2,13(17)18-4)10-16(3)12-7-5-11(9-15)6-8-12/h5-8H,10H2,1-4H3. The molecule has 4 nitrogen and oxygen atoms in total. The fourth-order valence-corrected chi connectivity index (χ4v) is 1.82. The Kier molecular flexibility index (Phi) is 4.33. The quantitative estimate of drug-likeness (QED) is 0.764. The molecule has 0 aliphatic heterocycles. The number of nitriles is 1. The van der Waals surface area contributed by atoms with E-state index >= 15 is 0 Å². The van der Waals surface area contributed by atoms with E-state index in [1.165, 1.54) is 7.11 Å². The lowest BCUT2D eigenvalue weighted by atomic mass is 9.93. The summed E-state index contributed by atoms with van der Waals surface area (Å²) in [5, 5.41) is 8.73. The fraction of sp³-hybridized carbons (Fsp3) is 0.429. The summed E-state index contributed by atoms with van der Waals surface area (Å²) in [6, 6.07) is 9.33. The van der Waals surface area contributed by atoms with Gasteiger partial charge in [0.1, 0.15) is 0 Å². The summed E-state index contributed by atoms with van der Waals surface area (Å²) in [7, 11) is 3.30. The van der Waals surface area contributed by atoms with Gasteiger partial charge in [-0.15, -0.1) is 0 Å². The van der Waals surface area contributed by atoms with Crippen molar-refractivity contribution in [1.82, 2.24) is 0 Å². The first-order valence-corrected chi connectivity index (χ1v) is 5.70. The molecule has 0 saturated heterocycles. The molecule has 18 heavy (non-hydrogen) atoms. The van der Waals surface area contributed by atoms with Crippen molar-refractivity contribution in [3.63, 3.8) is 0 Å². The molecule has 0 aromatic heterocycles. The third kappa shape index (κ3) is 3.24. The predicted molar refractivity (Wildman–Crippen MR) is 70.2 cm³/mol. The van der Waals surface area contributed by atoms with Gasteiger partial charge in [-0.2, -0.15) is 5.26 Å². The predicted octanol–water partition coefficient (Wildman–Crippen LogP) is 2.19. The van der Waals surface area contributed by atoms with Crippen LogP contribution in [0.25, 0.3) is 0 Å². The van der Waals surface area contributed by atoms with Gasteiger partial charge in [-0.1, -0.05) is 0 Å². The second kappa shape index (κ2) is 5.54. The summed E-state index contributed by atoms with van der Waals surface area (Å²) in [6.07, 6.45) is 0. The molecule has 0 radical (unpaired) electrons. The van der Waals surface area contributed by atoms with E-state index in [2.05, 4.69) is 6.07 Å². The van der Waals surface area contributed by atoms with Gasteiger partial charge in [0.2, 0.25) is 0 Å². The van der Waals surface area contributed by atoms with E-state index in [1.807, 2.05) is 37.9 Å². The number of carbonyl (C=O) groups excluding carboxylic acids is 1. The largest absolute Gasteiger partial charge is 0.469 e. The lowest BCUT2D eigenvalue weighted by Gasteiger charge is -2.29. The highest BCUT2D eigenvalue weighted by Gasteiger charge is 2.30. The first kappa shape index (κ1) is 14.0. The van der Waals surface area contributed by atoms with Crippen molar-refractivity contribution < 1.29 is 9.53 Å². The Hall–Kier alpha value is -2.02. The molecule has 0 amide bonds. The molecule has 4 heteroatoms. The Bertz CT molecular complexity index is 458. The van der Waals surface area contributed by atoms with Crippen LogP contribution in [-0.2, 0) is 9.53 Å². The molecule has 0 heterocycles. The van der Waals surface area contributed by atoms with Crippen molar-refractivity contribution in [2.75, 3.05) is 25.6 Å². The van der Waals surface area contributed by atoms with Crippen LogP contribution in [0.2, 0.25) is 0 Å². The fourth-order valence-electron chi connectivity index (χ4n) is 1.82. The maximum atomic E-state index is 11.6. The summed E-state index contributed by atoms with van der Waals surface area (Å²) in [5.74, 6) is -0.233. The van der Waals surface area contributed by atoms with Gasteiger partial charge in [0.05, 0.1) is 24.2 Å². The van der Waals surface area contributed by atoms with E-state index in [9.17, 15) is 4.79 Å². The second-order valence-corrected chi connectivity index (χ2v) is 4.89. The van der Waals surface area contributed by atoms with Crippen LogP contribution in [0.1, 0.15) is 19.4 Å². The molecule has 0 fully saturated rings. The van der Waals surface area contributed by atoms with Gasteiger partial charge < -0.3 is 9.64 Å². The minimum atomic E-state index is -0.572. The van der Waals surface area contributed by atoms with Crippen LogP contribution in [0.15, 0.2) is 24.3 Å². The molecule has 1 aromatic rings. The van der Waals surface area contributed by atoms with Crippen molar-refractivity contribution in [2.45, 2.75) is 13.8 Å². The van der Waals surface area contributed by atoms with Gasteiger partial charge in [0.15, 0.2) is 0 Å². The number of methoxy groups -OCH3 is 1. The molecule has 0 unspecified atom stereocenters. The molecular formula is C14H18N2O2. The zero-order valence-electron chi connectivity index (χ0n) is 11.2. The number of benzene rings is 1. The van der Waals surface area contributed by atoms with Gasteiger partial charge >= 0.3 is 5.97 Å². The maximum absolute atomic E-state index is 11.6. The topological polar surface area (TPSA) is 53.3 Å². The Labute approximate surface area is 108 Å². The van der Waals surface area contributed by atoms with Crippen LogP contribution in [0.3, 0.4) is 0 Å². The number of carbonyl (C=O) groups is 1. The van der Waals surface area contributed by atoms with Gasteiger partial charge in [-0.3, -0.25) is 4.79 Å². The molecule has 0 bridgehead atoms. The van der Waals surface area contributed by atoms with Gasteiger partial charge in [-0.25, -0.2) is 0 Å². The zero-order valence-corrected chi connectivity index (χ0v) is 11.2. The average molecular weight is 246 g/mol. The number of ether oxygens (including phenoxy) is 1. The van der Waals surface area contributed by atoms with Crippen LogP contribution in [-0.4, -0.2) is 26.7 Å². The van der Waals surface area contributed by atoms with Gasteiger partial charge in [0.25, 0.3) is 0 Å². The van der Waals surface area contributed by atoms with Gasteiger partial charge in [0, 0.05) is 19.3 Å². The van der Waals surface area contributed by atoms with E-state index in [-0.39, 0.29) is 5.97 Å². The molecule has 0 saturated carbocycles. The zero-order chi connectivity index (χ0) is 13.8. The average Bonchev–Trinajstić information content (AvgIpc) is 2.37. The highest BCUT2D eigenvalue weighted by molar-refractivity contribution is 5.76. The number of hydrogen-bond donors (Lipinski definition) is 0. The molecule has 0 N–H and O–H groups in total. The van der Waals surface area contributed by atoms with E-state index in [1.54, 1.807) is 12.1 Å². The van der Waals surface area contributed by atoms with Crippen molar-refractivity contribution in [3.05, 3.63) is 29.8 Å². The third-order valence-corrected chi connectivity index (χ3v) is 2.81. The Morgan fingerprint density at radius 3 is 2.39 bits per heavy atom. The minimum Gasteiger partial charge on any atom is -0.469 e. The van der Waals surface area contributed by atoms with Crippen LogP contribution in [0.5, 0.6) is 0 Å². The normalized spacial score (nSPS) is 10.6. The highest BCUT2D eigenvalue weighted by Crippen LogP contribution is 2.22. The summed E-state index contributed by atoms with van der Waals surface area (Å²) in [5.41, 5.74) is 1.02. The molecule has 96 valence electrons. The van der Waals surface area contributed by atoms with E-state index < -0.39 is 5.41 Å². The molecule has 1 aromatic carbocycles. The maximum Gasteiger partial charge on any atom is 0.313 e. The first-order chi connectivity index (χ1) is 8.40. The Balaban J connectivity index is 2.79. The van der Waals surface area contributed by atoms with Crippen molar-refractivity contribution in [2.24, 2.45) is 5.41 Å². The number of esters is 1. The molecular weight excluding hydrogens is 228 g/mol. The Morgan fingerprint density at radius 1 is 1.39 bits per heavy atom. The molecule has 1 rings (SSSR count). The first-order valence-electron chi connectivity index (χ1n) is 5.70. The summed E-state index contributed by atoms with van der Waals surface area (Å²) >= 11 is 0. The summed E-state index contributed by atoms with van der Waals surface area (Å²) in [4.78, 5) is 13.6. The summed E-state index contributed by atoms with van der Waals surface area (Å²) < 4.78 is 4.78. The van der Waals surface area contributed by atoms with Crippen molar-refractivity contribution >= 4 is 11.7 Å². The molecule has 0 aliphatic carbocycles. The van der Waals surface area contributed by atoms with Crippen molar-refractivity contribution in [1.29, 1.82) is 5.26 Å². The van der Waals surface area contributed by atoms with E-state index in [4.69, 9.17) is 10.00 Å². The highest BCUT2D eigenvalue weighted by atomic mass is 16.5. The van der Waals surface area contributed by atoms with Crippen LogP contribution >= 0.6 is 0 Å². The Morgan fingerprint density at radius 2 is 1.94 bits per heavy atom. The number of anilines is 1. The van der Waals surface area contributed by atoms with Crippen LogP contribution < -0.4 is 4.90 Å². The number of nitrogens with zero attached hydrogens (tertiary/aromatic N) is 2. The van der Waals surface area contributed by atoms with E-state index in [0.717, 1.165) is 5.69 Å². The molecule has 0 aliphatic rings. The van der Waals surface area contributed by atoms with Crippen LogP contribution in [0, 0.1) is 16.7 Å². The van der Waals surface area contributed by atoms with Gasteiger partial charge in [-0.05, 0) is 38.1 Å². The lowest BCUT2D eigenvalue weighted by molar-refractivity contribution is -0.150. The smallest absolute Gasteiger partial charge is 0.313 e. The second-order valence-electron chi connectivity index (χ2n) is 4.89. The lowest BCUT2D eigenvalue weighted by Crippen LogP contribution is -2.38. The third-order valence-electron chi connectivity index (χ3n) is 2.81. The monoisotopic (exact) mass is 246 g/mol. The van der Waals surface area contributed by atoms with E-state index in [0.29, 0.717) is 12.1 Å². The minimum absolute atomic E-state index is 0.233.